The average molecular weight is 472 g/mol. The molecule has 0 bridgehead atoms. The zero-order chi connectivity index (χ0) is 23.7. The molecule has 1 spiro atoms. The first-order valence-corrected chi connectivity index (χ1v) is 13.0. The van der Waals surface area contributed by atoms with Crippen molar-refractivity contribution < 1.29 is 14.0 Å². The van der Waals surface area contributed by atoms with E-state index >= 15 is 0 Å². The number of carbonyl (C=O) groups excluding carboxylic acids is 2. The fourth-order valence-electron chi connectivity index (χ4n) is 6.38. The minimum atomic E-state index is -0.275. The number of halogens is 1. The summed E-state index contributed by atoms with van der Waals surface area (Å²) in [5.41, 5.74) is 0.807. The zero-order valence-electron chi connectivity index (χ0n) is 20.4. The SMILES string of the molecule is CN1C(=O)C2(CCN(C(=O)N3CCCC3)CC2)C[C@@H]1CCN1CCN(c2ccc(F)cc2)CC1. The van der Waals surface area contributed by atoms with E-state index in [0.29, 0.717) is 13.1 Å². The fourth-order valence-corrected chi connectivity index (χ4v) is 6.38. The third-order valence-electron chi connectivity index (χ3n) is 8.66. The summed E-state index contributed by atoms with van der Waals surface area (Å²) < 4.78 is 13.2. The molecule has 0 saturated carbocycles. The minimum absolute atomic E-state index is 0.169. The number of anilines is 1. The first-order chi connectivity index (χ1) is 16.4. The van der Waals surface area contributed by atoms with E-state index in [9.17, 15) is 14.0 Å². The maximum Gasteiger partial charge on any atom is 0.319 e. The molecule has 8 heteroatoms. The molecule has 0 N–H and O–H groups in total. The Labute approximate surface area is 202 Å². The number of piperidine rings is 1. The number of nitrogens with zero attached hydrogens (tertiary/aromatic N) is 5. The first-order valence-electron chi connectivity index (χ1n) is 13.0. The van der Waals surface area contributed by atoms with Crippen molar-refractivity contribution in [2.75, 3.05) is 70.9 Å². The van der Waals surface area contributed by atoms with Crippen LogP contribution in [0.1, 0.15) is 38.5 Å². The minimum Gasteiger partial charge on any atom is -0.369 e. The van der Waals surface area contributed by atoms with Crippen molar-refractivity contribution in [1.82, 2.24) is 19.6 Å². The van der Waals surface area contributed by atoms with Crippen molar-refractivity contribution >= 4 is 17.6 Å². The van der Waals surface area contributed by atoms with Crippen LogP contribution in [-0.2, 0) is 4.79 Å². The van der Waals surface area contributed by atoms with Crippen LogP contribution in [-0.4, -0.2) is 104 Å². The van der Waals surface area contributed by atoms with E-state index < -0.39 is 0 Å². The number of urea groups is 1. The third kappa shape index (κ3) is 4.61. The van der Waals surface area contributed by atoms with E-state index in [0.717, 1.165) is 90.0 Å². The molecule has 4 aliphatic rings. The van der Waals surface area contributed by atoms with Crippen LogP contribution in [0.15, 0.2) is 24.3 Å². The highest BCUT2D eigenvalue weighted by Crippen LogP contribution is 2.45. The van der Waals surface area contributed by atoms with Crippen LogP contribution in [0, 0.1) is 11.2 Å². The Morgan fingerprint density at radius 2 is 1.56 bits per heavy atom. The Balaban J connectivity index is 1.09. The van der Waals surface area contributed by atoms with Crippen LogP contribution in [0.25, 0.3) is 0 Å². The van der Waals surface area contributed by atoms with Crippen LogP contribution < -0.4 is 4.90 Å². The molecule has 0 unspecified atom stereocenters. The summed E-state index contributed by atoms with van der Waals surface area (Å²) in [6.07, 6.45) is 5.72. The molecule has 4 saturated heterocycles. The predicted molar refractivity (Wildman–Crippen MR) is 130 cm³/mol. The molecule has 4 heterocycles. The van der Waals surface area contributed by atoms with E-state index in [1.165, 1.54) is 12.1 Å². The molecule has 4 fully saturated rings. The molecule has 34 heavy (non-hydrogen) atoms. The lowest BCUT2D eigenvalue weighted by Crippen LogP contribution is -2.50. The van der Waals surface area contributed by atoms with Gasteiger partial charge in [-0.1, -0.05) is 0 Å². The second-order valence-corrected chi connectivity index (χ2v) is 10.6. The van der Waals surface area contributed by atoms with E-state index in [2.05, 4.69) is 9.80 Å². The number of hydrogen-bond acceptors (Lipinski definition) is 4. The molecule has 0 aliphatic carbocycles. The molecule has 1 aromatic carbocycles. The molecular weight excluding hydrogens is 433 g/mol. The molecule has 1 aromatic rings. The van der Waals surface area contributed by atoms with Gasteiger partial charge in [-0.05, 0) is 62.8 Å². The Hall–Kier alpha value is -2.35. The van der Waals surface area contributed by atoms with E-state index in [1.807, 2.05) is 33.9 Å². The van der Waals surface area contributed by atoms with Crippen molar-refractivity contribution in [1.29, 1.82) is 0 Å². The van der Waals surface area contributed by atoms with Gasteiger partial charge in [0.2, 0.25) is 5.91 Å². The van der Waals surface area contributed by atoms with Crippen molar-refractivity contribution in [3.63, 3.8) is 0 Å². The van der Waals surface area contributed by atoms with Crippen LogP contribution in [0.5, 0.6) is 0 Å². The van der Waals surface area contributed by atoms with Crippen LogP contribution in [0.2, 0.25) is 0 Å². The van der Waals surface area contributed by atoms with Crippen molar-refractivity contribution in [2.45, 2.75) is 44.6 Å². The second kappa shape index (κ2) is 9.72. The van der Waals surface area contributed by atoms with Crippen molar-refractivity contribution in [2.24, 2.45) is 5.41 Å². The highest BCUT2D eigenvalue weighted by atomic mass is 19.1. The fraction of sp³-hybridized carbons (Fsp3) is 0.692. The lowest BCUT2D eigenvalue weighted by Gasteiger charge is -2.39. The molecule has 5 rings (SSSR count). The number of hydrogen-bond donors (Lipinski definition) is 0. The Morgan fingerprint density at radius 3 is 2.21 bits per heavy atom. The van der Waals surface area contributed by atoms with Gasteiger partial charge in [-0.3, -0.25) is 9.69 Å². The summed E-state index contributed by atoms with van der Waals surface area (Å²) in [6.45, 7) is 8.01. The van der Waals surface area contributed by atoms with Gasteiger partial charge in [0.15, 0.2) is 0 Å². The number of rotatable bonds is 4. The largest absolute Gasteiger partial charge is 0.369 e. The molecule has 186 valence electrons. The summed E-state index contributed by atoms with van der Waals surface area (Å²) in [5.74, 6) is 0.0890. The Morgan fingerprint density at radius 1 is 0.941 bits per heavy atom. The maximum absolute atomic E-state index is 13.3. The lowest BCUT2D eigenvalue weighted by atomic mass is 9.75. The molecule has 7 nitrogen and oxygen atoms in total. The highest BCUT2D eigenvalue weighted by molar-refractivity contribution is 5.85. The maximum atomic E-state index is 13.3. The normalized spacial score (nSPS) is 25.6. The first kappa shape index (κ1) is 23.4. The Kier molecular flexibility index (Phi) is 6.69. The van der Waals surface area contributed by atoms with Gasteiger partial charge in [-0.25, -0.2) is 9.18 Å². The number of piperazine rings is 1. The van der Waals surface area contributed by atoms with Crippen molar-refractivity contribution in [3.8, 4) is 0 Å². The molecule has 4 aliphatic heterocycles. The molecule has 0 radical (unpaired) electrons. The van der Waals surface area contributed by atoms with Crippen LogP contribution in [0.3, 0.4) is 0 Å². The summed E-state index contributed by atoms with van der Waals surface area (Å²) in [6, 6.07) is 7.21. The van der Waals surface area contributed by atoms with E-state index in [4.69, 9.17) is 0 Å². The molecular formula is C26H38FN5O2. The predicted octanol–water partition coefficient (Wildman–Crippen LogP) is 2.87. The Bertz CT molecular complexity index is 872. The molecule has 3 amide bonds. The smallest absolute Gasteiger partial charge is 0.319 e. The quantitative estimate of drug-likeness (QED) is 0.678. The highest BCUT2D eigenvalue weighted by Gasteiger charge is 2.51. The van der Waals surface area contributed by atoms with Crippen molar-refractivity contribution in [3.05, 3.63) is 30.1 Å². The third-order valence-corrected chi connectivity index (χ3v) is 8.66. The van der Waals surface area contributed by atoms with E-state index in [-0.39, 0.29) is 29.2 Å². The topological polar surface area (TPSA) is 50.3 Å². The summed E-state index contributed by atoms with van der Waals surface area (Å²) in [7, 11) is 1.97. The standard InChI is InChI=1S/C26H38FN5O2/c1-28-23(8-13-29-16-18-30(19-17-29)22-6-4-21(27)5-7-22)20-26(24(28)33)9-14-32(15-10-26)25(34)31-11-2-3-12-31/h4-7,23H,2-3,8-20H2,1H3/t23-/m0/s1. The van der Waals surface area contributed by atoms with Gasteiger partial charge in [0.1, 0.15) is 5.82 Å². The van der Waals surface area contributed by atoms with Crippen LogP contribution in [0.4, 0.5) is 14.9 Å². The van der Waals surface area contributed by atoms with Crippen LogP contribution >= 0.6 is 0 Å². The number of carbonyl (C=O) groups is 2. The summed E-state index contributed by atoms with van der Waals surface area (Å²) in [4.78, 5) is 36.8. The lowest BCUT2D eigenvalue weighted by molar-refractivity contribution is -0.137. The van der Waals surface area contributed by atoms with Gasteiger partial charge in [0, 0.05) is 77.7 Å². The molecule has 1 atom stereocenters. The van der Waals surface area contributed by atoms with Gasteiger partial charge in [0.25, 0.3) is 0 Å². The number of amides is 3. The zero-order valence-corrected chi connectivity index (χ0v) is 20.4. The summed E-state index contributed by atoms with van der Waals surface area (Å²) >= 11 is 0. The summed E-state index contributed by atoms with van der Waals surface area (Å²) in [5, 5.41) is 0. The second-order valence-electron chi connectivity index (χ2n) is 10.6. The molecule has 0 aromatic heterocycles. The van der Waals surface area contributed by atoms with Gasteiger partial charge >= 0.3 is 6.03 Å². The monoisotopic (exact) mass is 471 g/mol. The van der Waals surface area contributed by atoms with Gasteiger partial charge in [-0.15, -0.1) is 0 Å². The number of likely N-dealkylation sites (tertiary alicyclic amines) is 3. The number of benzene rings is 1. The average Bonchev–Trinajstić information content (AvgIpc) is 3.48. The van der Waals surface area contributed by atoms with Gasteiger partial charge in [-0.2, -0.15) is 0 Å². The van der Waals surface area contributed by atoms with E-state index in [1.54, 1.807) is 0 Å². The van der Waals surface area contributed by atoms with Gasteiger partial charge in [0.05, 0.1) is 5.41 Å². The van der Waals surface area contributed by atoms with Gasteiger partial charge < -0.3 is 19.6 Å².